The SMILES string of the molecule is Cc1nc(C(C)NCCc2ccccn2)cs1. The van der Waals surface area contributed by atoms with Crippen LogP contribution in [0.2, 0.25) is 0 Å². The molecule has 0 saturated heterocycles. The van der Waals surface area contributed by atoms with E-state index in [9.17, 15) is 0 Å². The summed E-state index contributed by atoms with van der Waals surface area (Å²) in [6, 6.07) is 6.33. The molecule has 0 radical (unpaired) electrons. The molecular formula is C13H17N3S. The van der Waals surface area contributed by atoms with E-state index in [-0.39, 0.29) is 0 Å². The molecule has 3 nitrogen and oxygen atoms in total. The van der Waals surface area contributed by atoms with Crippen LogP contribution in [0.5, 0.6) is 0 Å². The first-order valence-corrected chi connectivity index (χ1v) is 6.69. The average molecular weight is 247 g/mol. The second-order valence-corrected chi connectivity index (χ2v) is 5.10. The van der Waals surface area contributed by atoms with E-state index >= 15 is 0 Å². The molecule has 0 aromatic carbocycles. The Hall–Kier alpha value is -1.26. The average Bonchev–Trinajstić information content (AvgIpc) is 2.77. The van der Waals surface area contributed by atoms with Crippen molar-refractivity contribution in [3.05, 3.63) is 46.2 Å². The molecule has 0 aliphatic carbocycles. The Morgan fingerprint density at radius 3 is 2.94 bits per heavy atom. The first-order chi connectivity index (χ1) is 8.25. The maximum Gasteiger partial charge on any atom is 0.0898 e. The fourth-order valence-electron chi connectivity index (χ4n) is 1.65. The summed E-state index contributed by atoms with van der Waals surface area (Å²) in [6.07, 6.45) is 2.79. The number of thiazole rings is 1. The summed E-state index contributed by atoms with van der Waals surface area (Å²) in [5.74, 6) is 0. The van der Waals surface area contributed by atoms with Crippen LogP contribution in [0.25, 0.3) is 0 Å². The summed E-state index contributed by atoms with van der Waals surface area (Å²) in [7, 11) is 0. The topological polar surface area (TPSA) is 37.8 Å². The second-order valence-electron chi connectivity index (χ2n) is 4.04. The largest absolute Gasteiger partial charge is 0.308 e. The number of hydrogen-bond donors (Lipinski definition) is 1. The minimum absolute atomic E-state index is 0.309. The van der Waals surface area contributed by atoms with Gasteiger partial charge in [-0.1, -0.05) is 6.07 Å². The monoisotopic (exact) mass is 247 g/mol. The first kappa shape index (κ1) is 12.2. The lowest BCUT2D eigenvalue weighted by Gasteiger charge is -2.10. The zero-order valence-corrected chi connectivity index (χ0v) is 11.0. The minimum Gasteiger partial charge on any atom is -0.308 e. The second kappa shape index (κ2) is 5.89. The van der Waals surface area contributed by atoms with E-state index in [1.165, 1.54) is 0 Å². The van der Waals surface area contributed by atoms with Gasteiger partial charge >= 0.3 is 0 Å². The van der Waals surface area contributed by atoms with E-state index in [0.717, 1.165) is 29.4 Å². The summed E-state index contributed by atoms with van der Waals surface area (Å²) in [4.78, 5) is 8.78. The molecule has 0 fully saturated rings. The van der Waals surface area contributed by atoms with E-state index in [1.54, 1.807) is 11.3 Å². The van der Waals surface area contributed by atoms with Gasteiger partial charge in [-0.15, -0.1) is 11.3 Å². The Morgan fingerprint density at radius 2 is 2.29 bits per heavy atom. The van der Waals surface area contributed by atoms with Gasteiger partial charge in [-0.05, 0) is 26.0 Å². The maximum atomic E-state index is 4.48. The third kappa shape index (κ3) is 3.61. The van der Waals surface area contributed by atoms with Crippen LogP contribution in [0, 0.1) is 6.92 Å². The Bertz CT molecular complexity index is 453. The molecule has 4 heteroatoms. The lowest BCUT2D eigenvalue weighted by Crippen LogP contribution is -2.21. The predicted octanol–water partition coefficient (Wildman–Crippen LogP) is 2.74. The molecule has 1 N–H and O–H groups in total. The van der Waals surface area contributed by atoms with Gasteiger partial charge in [0.05, 0.1) is 10.7 Å². The van der Waals surface area contributed by atoms with E-state index in [1.807, 2.05) is 25.3 Å². The van der Waals surface area contributed by atoms with Crippen molar-refractivity contribution >= 4 is 11.3 Å². The Balaban J connectivity index is 1.79. The number of aromatic nitrogens is 2. The number of pyridine rings is 1. The fraction of sp³-hybridized carbons (Fsp3) is 0.385. The standard InChI is InChI=1S/C13H17N3S/c1-10(13-9-17-11(2)16-13)14-8-6-12-5-3-4-7-15-12/h3-5,7,9-10,14H,6,8H2,1-2H3. The molecule has 17 heavy (non-hydrogen) atoms. The molecule has 90 valence electrons. The third-order valence-corrected chi connectivity index (χ3v) is 3.43. The van der Waals surface area contributed by atoms with Crippen molar-refractivity contribution in [3.8, 4) is 0 Å². The minimum atomic E-state index is 0.309. The molecule has 1 unspecified atom stereocenters. The van der Waals surface area contributed by atoms with Crippen LogP contribution >= 0.6 is 11.3 Å². The maximum absolute atomic E-state index is 4.48. The van der Waals surface area contributed by atoms with Crippen LogP contribution in [-0.4, -0.2) is 16.5 Å². The van der Waals surface area contributed by atoms with Crippen molar-refractivity contribution in [1.82, 2.24) is 15.3 Å². The lowest BCUT2D eigenvalue weighted by atomic mass is 10.2. The van der Waals surface area contributed by atoms with Crippen LogP contribution in [0.15, 0.2) is 29.8 Å². The van der Waals surface area contributed by atoms with Crippen LogP contribution in [0.1, 0.15) is 29.4 Å². The fourth-order valence-corrected chi connectivity index (χ4v) is 2.35. The van der Waals surface area contributed by atoms with Crippen molar-refractivity contribution < 1.29 is 0 Å². The zero-order valence-electron chi connectivity index (χ0n) is 10.2. The van der Waals surface area contributed by atoms with Gasteiger partial charge in [0.15, 0.2) is 0 Å². The molecule has 0 aliphatic rings. The highest BCUT2D eigenvalue weighted by atomic mass is 32.1. The molecule has 0 saturated carbocycles. The highest BCUT2D eigenvalue weighted by Gasteiger charge is 2.07. The summed E-state index contributed by atoms with van der Waals surface area (Å²) in [6.45, 7) is 5.11. The number of nitrogens with zero attached hydrogens (tertiary/aromatic N) is 2. The van der Waals surface area contributed by atoms with Gasteiger partial charge in [0.1, 0.15) is 0 Å². The molecule has 2 aromatic rings. The normalized spacial score (nSPS) is 12.6. The molecule has 0 amide bonds. The van der Waals surface area contributed by atoms with Crippen molar-refractivity contribution in [2.24, 2.45) is 0 Å². The first-order valence-electron chi connectivity index (χ1n) is 5.81. The quantitative estimate of drug-likeness (QED) is 0.883. The van der Waals surface area contributed by atoms with Gasteiger partial charge in [0, 0.05) is 36.3 Å². The third-order valence-electron chi connectivity index (χ3n) is 2.64. The Labute approximate surface area is 106 Å². The molecular weight excluding hydrogens is 230 g/mol. The number of rotatable bonds is 5. The molecule has 0 aliphatic heterocycles. The number of nitrogens with one attached hydrogen (secondary N) is 1. The van der Waals surface area contributed by atoms with Crippen molar-refractivity contribution in [2.45, 2.75) is 26.3 Å². The van der Waals surface area contributed by atoms with E-state index < -0.39 is 0 Å². The van der Waals surface area contributed by atoms with Crippen molar-refractivity contribution in [3.63, 3.8) is 0 Å². The van der Waals surface area contributed by atoms with Crippen molar-refractivity contribution in [2.75, 3.05) is 6.54 Å². The number of aryl methyl sites for hydroxylation is 1. The number of hydrogen-bond acceptors (Lipinski definition) is 4. The van der Waals surface area contributed by atoms with Gasteiger partial charge in [-0.3, -0.25) is 4.98 Å². The van der Waals surface area contributed by atoms with Crippen LogP contribution in [-0.2, 0) is 6.42 Å². The van der Waals surface area contributed by atoms with E-state index in [4.69, 9.17) is 0 Å². The van der Waals surface area contributed by atoms with Gasteiger partial charge in [0.25, 0.3) is 0 Å². The summed E-state index contributed by atoms with van der Waals surface area (Å²) in [5.41, 5.74) is 2.26. The zero-order chi connectivity index (χ0) is 12.1. The van der Waals surface area contributed by atoms with Crippen molar-refractivity contribution in [1.29, 1.82) is 0 Å². The van der Waals surface area contributed by atoms with Gasteiger partial charge < -0.3 is 5.32 Å². The smallest absolute Gasteiger partial charge is 0.0898 e. The molecule has 0 bridgehead atoms. The Morgan fingerprint density at radius 1 is 1.41 bits per heavy atom. The van der Waals surface area contributed by atoms with Crippen LogP contribution in [0.4, 0.5) is 0 Å². The molecule has 0 spiro atoms. The van der Waals surface area contributed by atoms with E-state index in [2.05, 4.69) is 33.7 Å². The molecule has 2 rings (SSSR count). The van der Waals surface area contributed by atoms with Crippen LogP contribution in [0.3, 0.4) is 0 Å². The van der Waals surface area contributed by atoms with Gasteiger partial charge in [-0.25, -0.2) is 4.98 Å². The highest BCUT2D eigenvalue weighted by Crippen LogP contribution is 2.15. The summed E-state index contributed by atoms with van der Waals surface area (Å²) in [5, 5.41) is 6.71. The lowest BCUT2D eigenvalue weighted by molar-refractivity contribution is 0.563. The summed E-state index contributed by atoms with van der Waals surface area (Å²) < 4.78 is 0. The molecule has 2 aromatic heterocycles. The highest BCUT2D eigenvalue weighted by molar-refractivity contribution is 7.09. The molecule has 1 atom stereocenters. The molecule has 2 heterocycles. The predicted molar refractivity (Wildman–Crippen MR) is 71.2 cm³/mol. The van der Waals surface area contributed by atoms with E-state index in [0.29, 0.717) is 6.04 Å². The van der Waals surface area contributed by atoms with Gasteiger partial charge in [0.2, 0.25) is 0 Å². The Kier molecular flexibility index (Phi) is 4.23. The van der Waals surface area contributed by atoms with Gasteiger partial charge in [-0.2, -0.15) is 0 Å². The van der Waals surface area contributed by atoms with Crippen LogP contribution < -0.4 is 5.32 Å². The summed E-state index contributed by atoms with van der Waals surface area (Å²) >= 11 is 1.70.